The van der Waals surface area contributed by atoms with E-state index in [1.807, 2.05) is 6.92 Å². The largest absolute Gasteiger partial charge is 0.493 e. The van der Waals surface area contributed by atoms with E-state index in [4.69, 9.17) is 14.2 Å². The second-order valence-corrected chi connectivity index (χ2v) is 8.20. The molecule has 1 aromatic carbocycles. The van der Waals surface area contributed by atoms with E-state index in [1.165, 1.54) is 37.9 Å². The molecule has 0 spiro atoms. The fraction of sp³-hybridized carbons (Fsp3) is 0.727. The number of methoxy groups -OCH3 is 1. The minimum absolute atomic E-state index is 0.661. The monoisotopic (exact) mass is 374 g/mol. The van der Waals surface area contributed by atoms with Gasteiger partial charge in [-0.05, 0) is 49.3 Å². The first-order chi connectivity index (χ1) is 13.3. The molecule has 0 N–H and O–H groups in total. The number of rotatable bonds is 6. The van der Waals surface area contributed by atoms with Gasteiger partial charge in [-0.2, -0.15) is 0 Å². The van der Waals surface area contributed by atoms with Crippen molar-refractivity contribution in [1.29, 1.82) is 0 Å². The molecule has 5 heteroatoms. The molecule has 1 aromatic rings. The van der Waals surface area contributed by atoms with Crippen molar-refractivity contribution in [3.63, 3.8) is 0 Å². The number of hydrogen-bond acceptors (Lipinski definition) is 5. The number of likely N-dealkylation sites (tertiary alicyclic amines) is 1. The van der Waals surface area contributed by atoms with Crippen molar-refractivity contribution in [2.75, 3.05) is 53.1 Å². The molecule has 150 valence electrons. The lowest BCUT2D eigenvalue weighted by atomic mass is 9.72. The van der Waals surface area contributed by atoms with Crippen molar-refractivity contribution in [3.8, 4) is 11.5 Å². The molecule has 0 aromatic heterocycles. The van der Waals surface area contributed by atoms with Crippen LogP contribution in [0.5, 0.6) is 11.5 Å². The summed E-state index contributed by atoms with van der Waals surface area (Å²) in [6.45, 7) is 10.2. The highest BCUT2D eigenvalue weighted by Crippen LogP contribution is 2.39. The van der Waals surface area contributed by atoms with Crippen LogP contribution in [0.25, 0.3) is 0 Å². The highest BCUT2D eigenvalue weighted by Gasteiger charge is 2.42. The lowest BCUT2D eigenvalue weighted by molar-refractivity contribution is -0.0623. The lowest BCUT2D eigenvalue weighted by Gasteiger charge is -2.52. The van der Waals surface area contributed by atoms with Gasteiger partial charge in [-0.15, -0.1) is 0 Å². The average molecular weight is 375 g/mol. The molecule has 27 heavy (non-hydrogen) atoms. The summed E-state index contributed by atoms with van der Waals surface area (Å²) in [7, 11) is 1.72. The zero-order valence-corrected chi connectivity index (χ0v) is 16.9. The number of morpholine rings is 1. The Morgan fingerprint density at radius 3 is 2.48 bits per heavy atom. The molecule has 4 rings (SSSR count). The Labute approximate surface area is 163 Å². The van der Waals surface area contributed by atoms with Crippen molar-refractivity contribution in [3.05, 3.63) is 23.8 Å². The van der Waals surface area contributed by atoms with E-state index in [-0.39, 0.29) is 0 Å². The zero-order chi connectivity index (χ0) is 18.6. The topological polar surface area (TPSA) is 34.2 Å². The Bertz CT molecular complexity index is 604. The molecule has 1 saturated carbocycles. The number of nitrogens with zero attached hydrogens (tertiary/aromatic N) is 2. The second-order valence-electron chi connectivity index (χ2n) is 8.20. The van der Waals surface area contributed by atoms with Gasteiger partial charge in [0.2, 0.25) is 0 Å². The number of benzene rings is 1. The summed E-state index contributed by atoms with van der Waals surface area (Å²) in [5.74, 6) is 3.30. The molecule has 3 fully saturated rings. The van der Waals surface area contributed by atoms with Crippen LogP contribution in [0.1, 0.15) is 31.7 Å². The van der Waals surface area contributed by atoms with E-state index >= 15 is 0 Å². The van der Waals surface area contributed by atoms with Crippen molar-refractivity contribution >= 4 is 0 Å². The normalized spacial score (nSPS) is 29.5. The predicted molar refractivity (Wildman–Crippen MR) is 106 cm³/mol. The van der Waals surface area contributed by atoms with E-state index in [0.717, 1.165) is 62.2 Å². The van der Waals surface area contributed by atoms with Crippen molar-refractivity contribution in [1.82, 2.24) is 9.80 Å². The molecule has 2 aliphatic heterocycles. The van der Waals surface area contributed by atoms with Crippen molar-refractivity contribution in [2.45, 2.75) is 38.8 Å². The number of hydrogen-bond donors (Lipinski definition) is 0. The maximum Gasteiger partial charge on any atom is 0.161 e. The van der Waals surface area contributed by atoms with Gasteiger partial charge in [0.25, 0.3) is 0 Å². The van der Waals surface area contributed by atoms with Gasteiger partial charge < -0.3 is 14.2 Å². The molecule has 5 nitrogen and oxygen atoms in total. The van der Waals surface area contributed by atoms with Gasteiger partial charge in [0, 0.05) is 38.8 Å². The maximum absolute atomic E-state index is 5.66. The third-order valence-corrected chi connectivity index (χ3v) is 6.50. The SMILES string of the molecule is CCOc1ccc(CN2C[C@H]3CCC[C@@H](C2)C3N2CCOCC2)cc1OC. The van der Waals surface area contributed by atoms with Crippen LogP contribution in [0.2, 0.25) is 0 Å². The van der Waals surface area contributed by atoms with Crippen LogP contribution in [0.4, 0.5) is 0 Å². The van der Waals surface area contributed by atoms with E-state index < -0.39 is 0 Å². The van der Waals surface area contributed by atoms with Crippen LogP contribution in [0.15, 0.2) is 18.2 Å². The van der Waals surface area contributed by atoms with Crippen LogP contribution in [0.3, 0.4) is 0 Å². The lowest BCUT2D eigenvalue weighted by Crippen LogP contribution is -2.59. The minimum Gasteiger partial charge on any atom is -0.493 e. The van der Waals surface area contributed by atoms with Gasteiger partial charge in [0.1, 0.15) is 0 Å². The van der Waals surface area contributed by atoms with Gasteiger partial charge in [-0.25, -0.2) is 0 Å². The number of piperidine rings is 1. The predicted octanol–water partition coefficient (Wildman–Crippen LogP) is 3.03. The third kappa shape index (κ3) is 4.25. The van der Waals surface area contributed by atoms with Crippen LogP contribution in [0, 0.1) is 11.8 Å². The van der Waals surface area contributed by atoms with E-state index in [0.29, 0.717) is 6.61 Å². The molecule has 0 amide bonds. The summed E-state index contributed by atoms with van der Waals surface area (Å²) in [5, 5.41) is 0. The number of fused-ring (bicyclic) bond motifs is 2. The Morgan fingerprint density at radius 1 is 1.07 bits per heavy atom. The Balaban J connectivity index is 1.43. The van der Waals surface area contributed by atoms with Crippen molar-refractivity contribution < 1.29 is 14.2 Å². The summed E-state index contributed by atoms with van der Waals surface area (Å²) >= 11 is 0. The first kappa shape index (κ1) is 19.0. The summed E-state index contributed by atoms with van der Waals surface area (Å²) in [6, 6.07) is 7.17. The van der Waals surface area contributed by atoms with Crippen LogP contribution < -0.4 is 9.47 Å². The molecular formula is C22H34N2O3. The van der Waals surface area contributed by atoms with Crippen LogP contribution in [-0.2, 0) is 11.3 Å². The molecule has 2 bridgehead atoms. The van der Waals surface area contributed by atoms with Gasteiger partial charge in [0.15, 0.2) is 11.5 Å². The molecule has 3 aliphatic rings. The maximum atomic E-state index is 5.66. The van der Waals surface area contributed by atoms with Gasteiger partial charge in [-0.1, -0.05) is 12.5 Å². The Kier molecular flexibility index (Phi) is 6.21. The fourth-order valence-electron chi connectivity index (χ4n) is 5.45. The summed E-state index contributed by atoms with van der Waals surface area (Å²) < 4.78 is 16.8. The Morgan fingerprint density at radius 2 is 1.81 bits per heavy atom. The van der Waals surface area contributed by atoms with Crippen LogP contribution in [-0.4, -0.2) is 69.0 Å². The number of ether oxygens (including phenoxy) is 3. The molecular weight excluding hydrogens is 340 g/mol. The molecule has 1 aliphatic carbocycles. The smallest absolute Gasteiger partial charge is 0.161 e. The zero-order valence-electron chi connectivity index (χ0n) is 16.9. The summed E-state index contributed by atoms with van der Waals surface area (Å²) in [4.78, 5) is 5.40. The first-order valence-electron chi connectivity index (χ1n) is 10.6. The van der Waals surface area contributed by atoms with E-state index in [2.05, 4.69) is 28.0 Å². The third-order valence-electron chi connectivity index (χ3n) is 6.50. The Hall–Kier alpha value is -1.30. The van der Waals surface area contributed by atoms with Crippen molar-refractivity contribution in [2.24, 2.45) is 11.8 Å². The van der Waals surface area contributed by atoms with Gasteiger partial charge in [-0.3, -0.25) is 9.80 Å². The first-order valence-corrected chi connectivity index (χ1v) is 10.6. The van der Waals surface area contributed by atoms with E-state index in [9.17, 15) is 0 Å². The summed E-state index contributed by atoms with van der Waals surface area (Å²) in [6.07, 6.45) is 4.16. The van der Waals surface area contributed by atoms with Gasteiger partial charge in [0.05, 0.1) is 26.9 Å². The molecule has 2 saturated heterocycles. The van der Waals surface area contributed by atoms with Crippen LogP contribution >= 0.6 is 0 Å². The second kappa shape index (κ2) is 8.80. The summed E-state index contributed by atoms with van der Waals surface area (Å²) in [5.41, 5.74) is 1.32. The standard InChI is InChI=1S/C22H34N2O3/c1-3-27-20-8-7-17(13-21(20)25-2)14-23-15-18-5-4-6-19(16-23)22(18)24-9-11-26-12-10-24/h7-8,13,18-19,22H,3-6,9-12,14-16H2,1-2H3/t18-,19+,22?. The molecule has 1 unspecified atom stereocenters. The molecule has 2 heterocycles. The fourth-order valence-corrected chi connectivity index (χ4v) is 5.45. The molecule has 0 radical (unpaired) electrons. The van der Waals surface area contributed by atoms with Gasteiger partial charge >= 0.3 is 0 Å². The molecule has 3 atom stereocenters. The highest BCUT2D eigenvalue weighted by molar-refractivity contribution is 5.43. The highest BCUT2D eigenvalue weighted by atomic mass is 16.5. The average Bonchev–Trinajstić information content (AvgIpc) is 2.69. The van der Waals surface area contributed by atoms with E-state index in [1.54, 1.807) is 7.11 Å². The quantitative estimate of drug-likeness (QED) is 0.765. The minimum atomic E-state index is 0.661.